The van der Waals surface area contributed by atoms with Crippen molar-refractivity contribution in [2.24, 2.45) is 0 Å². The van der Waals surface area contributed by atoms with Gasteiger partial charge in [-0.1, -0.05) is 79.1 Å². The summed E-state index contributed by atoms with van der Waals surface area (Å²) in [6.07, 6.45) is 22.8. The van der Waals surface area contributed by atoms with Crippen LogP contribution < -0.4 is 0 Å². The van der Waals surface area contributed by atoms with Crippen molar-refractivity contribution in [1.29, 1.82) is 0 Å². The van der Waals surface area contributed by atoms with Crippen LogP contribution in [0.25, 0.3) is 0 Å². The molecule has 0 saturated heterocycles. The minimum absolute atomic E-state index is 0. The van der Waals surface area contributed by atoms with Crippen LogP contribution in [-0.4, -0.2) is 30.7 Å². The van der Waals surface area contributed by atoms with E-state index in [0.717, 1.165) is 0 Å². The number of rotatable bonds is 20. The summed E-state index contributed by atoms with van der Waals surface area (Å²) in [5.74, 6) is 0. The fourth-order valence-corrected chi connectivity index (χ4v) is 4.17. The zero-order valence-corrected chi connectivity index (χ0v) is 20.7. The Morgan fingerprint density at radius 1 is 0.346 bits per heavy atom. The second-order valence-corrected chi connectivity index (χ2v) is 8.48. The van der Waals surface area contributed by atoms with Gasteiger partial charge in [0.05, 0.1) is 26.2 Å². The smallest absolute Gasteiger partial charge is 0.0786 e. The lowest BCUT2D eigenvalue weighted by molar-refractivity contribution is -0.929. The van der Waals surface area contributed by atoms with Crippen molar-refractivity contribution in [3.63, 3.8) is 0 Å². The van der Waals surface area contributed by atoms with Crippen LogP contribution in [0.1, 0.15) is 130 Å². The summed E-state index contributed by atoms with van der Waals surface area (Å²) in [5, 5.41) is 0. The molecule has 0 amide bonds. The molecule has 0 aromatic heterocycles. The van der Waals surface area contributed by atoms with Crippen LogP contribution in [0.3, 0.4) is 0 Å². The van der Waals surface area contributed by atoms with E-state index in [1.165, 1.54) is 133 Å². The van der Waals surface area contributed by atoms with Crippen LogP contribution in [-0.2, 0) is 0 Å². The second-order valence-electron chi connectivity index (χ2n) is 8.48. The van der Waals surface area contributed by atoms with E-state index < -0.39 is 0 Å². The molecular formula is C24H53BrN+. The fraction of sp³-hybridized carbons (Fsp3) is 1.00. The van der Waals surface area contributed by atoms with Crippen LogP contribution in [0.15, 0.2) is 0 Å². The highest BCUT2D eigenvalue weighted by Crippen LogP contribution is 2.19. The van der Waals surface area contributed by atoms with Crippen molar-refractivity contribution in [2.45, 2.75) is 130 Å². The molecule has 0 bridgehead atoms. The first-order chi connectivity index (χ1) is 12.2. The highest BCUT2D eigenvalue weighted by molar-refractivity contribution is 8.93. The number of quaternary nitrogens is 1. The fourth-order valence-electron chi connectivity index (χ4n) is 4.17. The molecule has 0 aliphatic heterocycles. The molecule has 0 radical (unpaired) electrons. The monoisotopic (exact) mass is 434 g/mol. The van der Waals surface area contributed by atoms with Crippen molar-refractivity contribution < 1.29 is 4.48 Å². The normalized spacial score (nSPS) is 11.5. The molecular weight excluding hydrogens is 382 g/mol. The molecule has 0 rings (SSSR count). The molecule has 0 aliphatic rings. The molecule has 0 N–H and O–H groups in total. The maximum Gasteiger partial charge on any atom is 0.0786 e. The van der Waals surface area contributed by atoms with Crippen LogP contribution >= 0.6 is 17.0 Å². The zero-order chi connectivity index (χ0) is 18.6. The van der Waals surface area contributed by atoms with Crippen LogP contribution in [0, 0.1) is 0 Å². The van der Waals surface area contributed by atoms with Gasteiger partial charge in [-0.15, -0.1) is 17.0 Å². The molecule has 0 unspecified atom stereocenters. The topological polar surface area (TPSA) is 0 Å². The Bertz CT molecular complexity index is 201. The average Bonchev–Trinajstić information content (AvgIpc) is 2.63. The van der Waals surface area contributed by atoms with E-state index in [0.29, 0.717) is 0 Å². The van der Waals surface area contributed by atoms with Gasteiger partial charge in [0.25, 0.3) is 0 Å². The first-order valence-electron chi connectivity index (χ1n) is 12.1. The summed E-state index contributed by atoms with van der Waals surface area (Å²) in [5.41, 5.74) is 0. The molecule has 0 spiro atoms. The molecule has 0 fully saturated rings. The van der Waals surface area contributed by atoms with Gasteiger partial charge in [0.1, 0.15) is 0 Å². The van der Waals surface area contributed by atoms with Crippen molar-refractivity contribution in [1.82, 2.24) is 0 Å². The van der Waals surface area contributed by atoms with E-state index in [9.17, 15) is 0 Å². The number of nitrogens with zero attached hydrogens (tertiary/aromatic N) is 1. The van der Waals surface area contributed by atoms with Gasteiger partial charge in [0, 0.05) is 0 Å². The quantitative estimate of drug-likeness (QED) is 0.132. The highest BCUT2D eigenvalue weighted by Gasteiger charge is 2.25. The molecule has 0 aromatic rings. The molecule has 0 heterocycles. The summed E-state index contributed by atoms with van der Waals surface area (Å²) >= 11 is 0. The van der Waals surface area contributed by atoms with E-state index in [1.54, 1.807) is 0 Å². The van der Waals surface area contributed by atoms with E-state index in [2.05, 4.69) is 27.7 Å². The number of halogens is 1. The molecule has 0 aromatic carbocycles. The summed E-state index contributed by atoms with van der Waals surface area (Å²) in [6.45, 7) is 15.2. The molecule has 0 saturated carbocycles. The van der Waals surface area contributed by atoms with Gasteiger partial charge in [-0.2, -0.15) is 0 Å². The summed E-state index contributed by atoms with van der Waals surface area (Å²) in [4.78, 5) is 0. The van der Waals surface area contributed by atoms with Crippen molar-refractivity contribution >= 4 is 17.0 Å². The molecule has 26 heavy (non-hydrogen) atoms. The summed E-state index contributed by atoms with van der Waals surface area (Å²) < 4.78 is 1.46. The van der Waals surface area contributed by atoms with Gasteiger partial charge in [0.15, 0.2) is 0 Å². The minimum Gasteiger partial charge on any atom is -0.324 e. The minimum atomic E-state index is 0. The predicted molar refractivity (Wildman–Crippen MR) is 127 cm³/mol. The molecule has 2 heteroatoms. The third-order valence-corrected chi connectivity index (χ3v) is 5.94. The van der Waals surface area contributed by atoms with E-state index in [4.69, 9.17) is 0 Å². The SMILES string of the molecule is Br.CCCCCC[N+](CCCCCC)(CCCCCC)CCCCCC. The van der Waals surface area contributed by atoms with Gasteiger partial charge in [-0.25, -0.2) is 0 Å². The zero-order valence-electron chi connectivity index (χ0n) is 19.0. The lowest BCUT2D eigenvalue weighted by Crippen LogP contribution is -2.50. The summed E-state index contributed by atoms with van der Waals surface area (Å²) in [6, 6.07) is 0. The second kappa shape index (κ2) is 21.7. The van der Waals surface area contributed by atoms with Gasteiger partial charge in [-0.3, -0.25) is 0 Å². The standard InChI is InChI=1S/C24H52N.BrH/c1-5-9-13-17-21-25(22-18-14-10-6-2,23-19-15-11-7-3)24-20-16-12-8-4;/h5-24H2,1-4H3;1H/q+1;. The van der Waals surface area contributed by atoms with E-state index in [1.807, 2.05) is 0 Å². The predicted octanol–water partition coefficient (Wildman–Crippen LogP) is 8.70. The molecule has 0 atom stereocenters. The third-order valence-electron chi connectivity index (χ3n) is 5.94. The van der Waals surface area contributed by atoms with Crippen LogP contribution in [0.4, 0.5) is 0 Å². The first kappa shape index (κ1) is 28.6. The van der Waals surface area contributed by atoms with Crippen LogP contribution in [0.2, 0.25) is 0 Å². The van der Waals surface area contributed by atoms with Crippen LogP contribution in [0.5, 0.6) is 0 Å². The largest absolute Gasteiger partial charge is 0.324 e. The Hall–Kier alpha value is 0.440. The molecule has 160 valence electrons. The van der Waals surface area contributed by atoms with Crippen molar-refractivity contribution in [3.8, 4) is 0 Å². The van der Waals surface area contributed by atoms with Gasteiger partial charge in [-0.05, 0) is 51.4 Å². The summed E-state index contributed by atoms with van der Waals surface area (Å²) in [7, 11) is 0. The highest BCUT2D eigenvalue weighted by atomic mass is 79.9. The number of unbranched alkanes of at least 4 members (excludes halogenated alkanes) is 12. The van der Waals surface area contributed by atoms with Crippen molar-refractivity contribution in [2.75, 3.05) is 26.2 Å². The number of hydrogen-bond donors (Lipinski definition) is 0. The Morgan fingerprint density at radius 2 is 0.577 bits per heavy atom. The maximum absolute atomic E-state index is 2.34. The van der Waals surface area contributed by atoms with Gasteiger partial charge in [0.2, 0.25) is 0 Å². The Labute approximate surface area is 178 Å². The Kier molecular flexibility index (Phi) is 24.0. The third kappa shape index (κ3) is 16.6. The Balaban J connectivity index is 0. The molecule has 0 aliphatic carbocycles. The average molecular weight is 436 g/mol. The van der Waals surface area contributed by atoms with Gasteiger partial charge >= 0.3 is 0 Å². The van der Waals surface area contributed by atoms with Gasteiger partial charge < -0.3 is 4.48 Å². The van der Waals surface area contributed by atoms with E-state index in [-0.39, 0.29) is 17.0 Å². The lowest BCUT2D eigenvalue weighted by atomic mass is 10.1. The first-order valence-corrected chi connectivity index (χ1v) is 12.1. The maximum atomic E-state index is 2.34. The Morgan fingerprint density at radius 3 is 0.769 bits per heavy atom. The number of hydrogen-bond acceptors (Lipinski definition) is 0. The lowest BCUT2D eigenvalue weighted by Gasteiger charge is -2.39. The molecule has 1 nitrogen and oxygen atoms in total. The van der Waals surface area contributed by atoms with E-state index >= 15 is 0 Å². The van der Waals surface area contributed by atoms with Crippen molar-refractivity contribution in [3.05, 3.63) is 0 Å².